The number of phenolic OH excluding ortho intramolecular Hbond substituents is 2. The summed E-state index contributed by atoms with van der Waals surface area (Å²) in [5.74, 6) is 0.0624. The van der Waals surface area contributed by atoms with E-state index >= 15 is 8.78 Å². The number of phenols is 2. The smallest absolute Gasteiger partial charge is 0.147 e. The molecule has 84 heavy (non-hydrogen) atoms. The largest absolute Gasteiger partial charge is 0.505 e. The number of aromatic nitrogens is 2. The van der Waals surface area contributed by atoms with Crippen LogP contribution in [0, 0.1) is 57.1 Å². The molecule has 0 fully saturated rings. The number of fused-ring (bicyclic) bond motifs is 6. The Labute approximate surface area is 497 Å². The molecule has 2 heterocycles. The zero-order valence-electron chi connectivity index (χ0n) is 52.9. The molecule has 0 radical (unpaired) electrons. The van der Waals surface area contributed by atoms with Gasteiger partial charge in [0.1, 0.15) is 34.6 Å². The molecule has 10 aromatic rings. The van der Waals surface area contributed by atoms with Crippen LogP contribution in [0.4, 0.5) is 8.78 Å². The first-order valence-electron chi connectivity index (χ1n) is 29.9. The number of rotatable bonds is 14. The van der Waals surface area contributed by atoms with Crippen molar-refractivity contribution in [2.24, 2.45) is 10.8 Å². The van der Waals surface area contributed by atoms with Crippen LogP contribution in [0.3, 0.4) is 0 Å². The number of nitrogens with zero attached hydrogens (tertiary/aromatic N) is 2. The maximum atomic E-state index is 16.1. The van der Waals surface area contributed by atoms with Gasteiger partial charge in [0.25, 0.3) is 0 Å². The molecular formula is C76H86F2N2O4. The maximum absolute atomic E-state index is 16.1. The zero-order chi connectivity index (χ0) is 60.9. The molecule has 8 aromatic carbocycles. The highest BCUT2D eigenvalue weighted by Gasteiger charge is 2.34. The van der Waals surface area contributed by atoms with E-state index in [2.05, 4.69) is 205 Å². The van der Waals surface area contributed by atoms with Gasteiger partial charge in [-0.2, -0.15) is 0 Å². The third-order valence-electron chi connectivity index (χ3n) is 16.9. The van der Waals surface area contributed by atoms with Crippen molar-refractivity contribution in [3.8, 4) is 56.6 Å². The highest BCUT2D eigenvalue weighted by atomic mass is 19.1. The van der Waals surface area contributed by atoms with Gasteiger partial charge in [0.15, 0.2) is 0 Å². The molecule has 0 saturated carbocycles. The van der Waals surface area contributed by atoms with Gasteiger partial charge in [-0.25, -0.2) is 8.78 Å². The maximum Gasteiger partial charge on any atom is 0.147 e. The number of aryl methyl sites for hydroxylation is 5. The number of halogens is 2. The first-order valence-corrected chi connectivity index (χ1v) is 29.9. The van der Waals surface area contributed by atoms with Gasteiger partial charge >= 0.3 is 0 Å². The van der Waals surface area contributed by atoms with Crippen molar-refractivity contribution < 1.29 is 28.5 Å². The number of ether oxygens (including phenoxy) is 2. The van der Waals surface area contributed by atoms with Gasteiger partial charge in [0.2, 0.25) is 0 Å². The average molecular weight is 1130 g/mol. The lowest BCUT2D eigenvalue weighted by Crippen LogP contribution is -2.25. The topological polar surface area (TPSA) is 68.8 Å². The molecule has 0 atom stereocenters. The van der Waals surface area contributed by atoms with Crippen LogP contribution in [0.1, 0.15) is 154 Å². The molecule has 438 valence electrons. The Morgan fingerprint density at radius 3 is 1.08 bits per heavy atom. The molecule has 0 saturated heterocycles. The fourth-order valence-corrected chi connectivity index (χ4v) is 13.6. The van der Waals surface area contributed by atoms with E-state index in [4.69, 9.17) is 9.47 Å². The second kappa shape index (κ2) is 21.5. The molecule has 0 unspecified atom stereocenters. The molecule has 0 aliphatic carbocycles. The van der Waals surface area contributed by atoms with Crippen LogP contribution in [0.25, 0.3) is 77.2 Å². The van der Waals surface area contributed by atoms with Crippen LogP contribution >= 0.6 is 0 Å². The highest BCUT2D eigenvalue weighted by Crippen LogP contribution is 2.51. The summed E-state index contributed by atoms with van der Waals surface area (Å²) in [6.45, 7) is 39.3. The molecule has 2 N–H and O–H groups in total. The van der Waals surface area contributed by atoms with Crippen LogP contribution < -0.4 is 9.47 Å². The molecule has 2 aromatic heterocycles. The summed E-state index contributed by atoms with van der Waals surface area (Å²) in [4.78, 5) is 0. The van der Waals surface area contributed by atoms with E-state index in [-0.39, 0.29) is 51.8 Å². The summed E-state index contributed by atoms with van der Waals surface area (Å²) < 4.78 is 50.0. The van der Waals surface area contributed by atoms with Crippen LogP contribution in [0.5, 0.6) is 23.0 Å². The number of hydrogen-bond acceptors (Lipinski definition) is 4. The SMILES string of the molecule is Cc1ccc2c3ccc(C)cc3n(-c3cc(C(C)(C)CC(C)(C)C)cc(-c4cc(F)cc(C)c4OCCCOc4c(C)cc(F)cc4-c4cc(C(C)(C)CC(C)(C)C)cc(-n5c6cc(C)ccc6c6ccc(C(C)(C)C)cc65)c4O)c3O)c2c1. The predicted molar refractivity (Wildman–Crippen MR) is 348 cm³/mol. The van der Waals surface area contributed by atoms with E-state index in [9.17, 15) is 10.2 Å². The Morgan fingerprint density at radius 2 is 0.738 bits per heavy atom. The van der Waals surface area contributed by atoms with E-state index in [1.165, 1.54) is 29.8 Å². The number of benzene rings is 8. The van der Waals surface area contributed by atoms with Gasteiger partial charge in [-0.3, -0.25) is 0 Å². The Bertz CT molecular complexity index is 4170. The molecule has 0 amide bonds. The minimum Gasteiger partial charge on any atom is -0.505 e. The van der Waals surface area contributed by atoms with Crippen LogP contribution in [-0.4, -0.2) is 32.6 Å². The van der Waals surface area contributed by atoms with Gasteiger partial charge in [-0.15, -0.1) is 0 Å². The summed E-state index contributed by atoms with van der Waals surface area (Å²) in [7, 11) is 0. The van der Waals surface area contributed by atoms with E-state index < -0.39 is 11.6 Å². The first kappa shape index (κ1) is 59.6. The lowest BCUT2D eigenvalue weighted by atomic mass is 9.71. The molecule has 0 bridgehead atoms. The number of hydrogen-bond donors (Lipinski definition) is 2. The average Bonchev–Trinajstić information content (AvgIpc) is 1.74. The second-order valence-electron chi connectivity index (χ2n) is 29.0. The van der Waals surface area contributed by atoms with E-state index in [0.717, 1.165) is 84.3 Å². The second-order valence-corrected chi connectivity index (χ2v) is 29.0. The molecule has 10 rings (SSSR count). The molecule has 8 heteroatoms. The summed E-state index contributed by atoms with van der Waals surface area (Å²) >= 11 is 0. The summed E-state index contributed by atoms with van der Waals surface area (Å²) in [5.41, 5.74) is 13.6. The standard InChI is InChI=1S/C76H86F2N2O4/c1-44-20-24-54-55-25-21-45(2)31-63(55)79(62(54)30-44)66-38-50(75(15,16)42-72(6,7)8)35-58(68(66)81)60-40-52(77)33-47(4)70(60)83-28-19-29-84-71-48(5)34-53(78)41-61(71)59-36-51(76(17,18)43-73(9,10)11)39-67(69(59)82)80-64-32-46(3)22-26-56(64)57-27-23-49(37-65(57)80)74(12,13)14/h20-27,30-41,81-82H,19,28-29,42-43H2,1-18H3. The lowest BCUT2D eigenvalue weighted by Gasteiger charge is -2.34. The fraction of sp³-hybridized carbons (Fsp3) is 0.368. The van der Waals surface area contributed by atoms with Crippen molar-refractivity contribution in [1.29, 1.82) is 0 Å². The minimum atomic E-state index is -0.444. The minimum absolute atomic E-state index is 0.0183. The third-order valence-corrected chi connectivity index (χ3v) is 16.9. The molecule has 0 aliphatic rings. The summed E-state index contributed by atoms with van der Waals surface area (Å²) in [5, 5.41) is 30.2. The van der Waals surface area contributed by atoms with Gasteiger partial charge in [-0.05, 0) is 192 Å². The van der Waals surface area contributed by atoms with Gasteiger partial charge in [0.05, 0.1) is 46.7 Å². The predicted octanol–water partition coefficient (Wildman–Crippen LogP) is 21.0. The molecule has 0 spiro atoms. The van der Waals surface area contributed by atoms with Gasteiger partial charge in [0, 0.05) is 50.2 Å². The van der Waals surface area contributed by atoms with Crippen molar-refractivity contribution in [3.05, 3.63) is 177 Å². The first-order chi connectivity index (χ1) is 39.2. The van der Waals surface area contributed by atoms with E-state index in [1.54, 1.807) is 0 Å². The van der Waals surface area contributed by atoms with Crippen LogP contribution in [-0.2, 0) is 16.2 Å². The van der Waals surface area contributed by atoms with E-state index in [0.29, 0.717) is 62.7 Å². The Balaban J connectivity index is 1.05. The third kappa shape index (κ3) is 11.5. The van der Waals surface area contributed by atoms with Crippen LogP contribution in [0.15, 0.2) is 121 Å². The normalized spacial score (nSPS) is 12.9. The zero-order valence-corrected chi connectivity index (χ0v) is 52.9. The summed E-state index contributed by atoms with van der Waals surface area (Å²) in [6, 6.07) is 40.1. The molecule has 0 aliphatic heterocycles. The van der Waals surface area contributed by atoms with Crippen molar-refractivity contribution in [2.75, 3.05) is 13.2 Å². The lowest BCUT2D eigenvalue weighted by molar-refractivity contribution is 0.246. The van der Waals surface area contributed by atoms with Crippen molar-refractivity contribution in [2.45, 2.75) is 160 Å². The fourth-order valence-electron chi connectivity index (χ4n) is 13.6. The van der Waals surface area contributed by atoms with Crippen molar-refractivity contribution in [3.63, 3.8) is 0 Å². The van der Waals surface area contributed by atoms with Crippen LogP contribution in [0.2, 0.25) is 0 Å². The van der Waals surface area contributed by atoms with Gasteiger partial charge < -0.3 is 28.8 Å². The monoisotopic (exact) mass is 1130 g/mol. The van der Waals surface area contributed by atoms with E-state index in [1.807, 2.05) is 26.0 Å². The Kier molecular flexibility index (Phi) is 15.2. The van der Waals surface area contributed by atoms with Crippen molar-refractivity contribution >= 4 is 43.6 Å². The highest BCUT2D eigenvalue weighted by molar-refractivity contribution is 6.11. The number of aromatic hydroxyl groups is 2. The Hall–Kier alpha value is -7.58. The van der Waals surface area contributed by atoms with Crippen molar-refractivity contribution in [1.82, 2.24) is 9.13 Å². The van der Waals surface area contributed by atoms with Gasteiger partial charge in [-0.1, -0.05) is 139 Å². The quantitative estimate of drug-likeness (QED) is 0.106. The molecular weight excluding hydrogens is 1040 g/mol. The summed E-state index contributed by atoms with van der Waals surface area (Å²) in [6.07, 6.45) is 2.08. The Morgan fingerprint density at radius 1 is 0.393 bits per heavy atom. The molecule has 6 nitrogen and oxygen atoms in total.